The highest BCUT2D eigenvalue weighted by molar-refractivity contribution is 7.89. The van der Waals surface area contributed by atoms with E-state index in [2.05, 4.69) is 10.5 Å². The summed E-state index contributed by atoms with van der Waals surface area (Å²) in [5.41, 5.74) is 1.58. The van der Waals surface area contributed by atoms with E-state index in [1.165, 1.54) is 12.1 Å². The summed E-state index contributed by atoms with van der Waals surface area (Å²) in [6.45, 7) is 0.412. The van der Waals surface area contributed by atoms with E-state index in [1.807, 2.05) is 6.07 Å². The second kappa shape index (κ2) is 8.87. The van der Waals surface area contributed by atoms with Gasteiger partial charge in [-0.3, -0.25) is 4.79 Å². The van der Waals surface area contributed by atoms with Gasteiger partial charge in [0.1, 0.15) is 0 Å². The number of hydrogen-bond donors (Lipinski definition) is 2. The maximum atomic E-state index is 12.9. The first-order chi connectivity index (χ1) is 15.8. The van der Waals surface area contributed by atoms with E-state index in [0.29, 0.717) is 48.8 Å². The zero-order valence-corrected chi connectivity index (χ0v) is 19.1. The van der Waals surface area contributed by atoms with Crippen molar-refractivity contribution in [3.63, 3.8) is 0 Å². The molecule has 0 atom stereocenters. The third-order valence-electron chi connectivity index (χ3n) is 5.80. The summed E-state index contributed by atoms with van der Waals surface area (Å²) in [4.78, 5) is 13.0. The number of ether oxygens (including phenoxy) is 2. The van der Waals surface area contributed by atoms with Crippen LogP contribution in [0.2, 0.25) is 0 Å². The van der Waals surface area contributed by atoms with Gasteiger partial charge in [0.05, 0.1) is 30.2 Å². The van der Waals surface area contributed by atoms with Gasteiger partial charge < -0.3 is 19.3 Å². The van der Waals surface area contributed by atoms with Crippen molar-refractivity contribution in [3.8, 4) is 22.8 Å². The average Bonchev–Trinajstić information content (AvgIpc) is 3.47. The first kappa shape index (κ1) is 22.8. The number of nitrogens with two attached hydrogens (primary N) is 1. The van der Waals surface area contributed by atoms with Crippen molar-refractivity contribution >= 4 is 15.9 Å². The number of nitrogens with zero attached hydrogens (tertiary/aromatic N) is 1. The molecular formula is C23H25N3O6S. The Morgan fingerprint density at radius 1 is 1.09 bits per heavy atom. The number of aromatic nitrogens is 1. The van der Waals surface area contributed by atoms with Crippen LogP contribution in [0.5, 0.6) is 11.5 Å². The van der Waals surface area contributed by atoms with Crippen LogP contribution < -0.4 is 19.9 Å². The van der Waals surface area contributed by atoms with Gasteiger partial charge in [-0.1, -0.05) is 17.3 Å². The van der Waals surface area contributed by atoms with Crippen molar-refractivity contribution in [3.05, 3.63) is 59.8 Å². The number of carbonyl (C=O) groups is 1. The second-order valence-electron chi connectivity index (χ2n) is 7.92. The Hall–Kier alpha value is -3.37. The fourth-order valence-corrected chi connectivity index (χ4v) is 4.20. The molecule has 4 rings (SSSR count). The Morgan fingerprint density at radius 2 is 1.79 bits per heavy atom. The standard InChI is InChI=1S/C23H25N3O6S/c1-30-18-8-5-16(13-20(18)31-2)19-14-21(26-32-19)23(10-11-23)22(27)25-12-9-15-3-6-17(7-4-15)33(24,28)29/h3-8,13-14H,9-12H2,1-2H3,(H,25,27)(H2,24,28,29). The molecule has 1 amide bonds. The van der Waals surface area contributed by atoms with Gasteiger partial charge in [-0.25, -0.2) is 13.6 Å². The smallest absolute Gasteiger partial charge is 0.238 e. The van der Waals surface area contributed by atoms with Crippen LogP contribution in [-0.2, 0) is 26.7 Å². The topological polar surface area (TPSA) is 134 Å². The average molecular weight is 472 g/mol. The van der Waals surface area contributed by atoms with Gasteiger partial charge >= 0.3 is 0 Å². The van der Waals surface area contributed by atoms with Crippen molar-refractivity contribution < 1.29 is 27.2 Å². The Morgan fingerprint density at radius 3 is 2.39 bits per heavy atom. The number of carbonyl (C=O) groups excluding carboxylic acids is 1. The molecule has 1 aromatic heterocycles. The molecule has 3 aromatic rings. The molecule has 174 valence electrons. The number of hydrogen-bond acceptors (Lipinski definition) is 7. The number of primary sulfonamides is 1. The summed E-state index contributed by atoms with van der Waals surface area (Å²) in [7, 11) is -0.590. The molecule has 0 aliphatic heterocycles. The lowest BCUT2D eigenvalue weighted by atomic mass is 10.00. The third-order valence-corrected chi connectivity index (χ3v) is 6.73. The van der Waals surface area contributed by atoms with E-state index in [0.717, 1.165) is 11.1 Å². The molecule has 1 fully saturated rings. The normalized spacial score (nSPS) is 14.5. The summed E-state index contributed by atoms with van der Waals surface area (Å²) in [6, 6.07) is 13.5. The number of nitrogens with one attached hydrogen (secondary N) is 1. The van der Waals surface area contributed by atoms with Crippen LogP contribution in [0.15, 0.2) is 57.9 Å². The maximum Gasteiger partial charge on any atom is 0.238 e. The van der Waals surface area contributed by atoms with E-state index in [4.69, 9.17) is 19.1 Å². The number of sulfonamides is 1. The van der Waals surface area contributed by atoms with Crippen LogP contribution in [0.1, 0.15) is 24.1 Å². The van der Waals surface area contributed by atoms with Gasteiger partial charge in [0.15, 0.2) is 17.3 Å². The maximum absolute atomic E-state index is 12.9. The Bertz CT molecular complexity index is 1260. The highest BCUT2D eigenvalue weighted by Crippen LogP contribution is 2.48. The van der Waals surface area contributed by atoms with E-state index in [9.17, 15) is 13.2 Å². The molecule has 0 saturated heterocycles. The predicted molar refractivity (Wildman–Crippen MR) is 120 cm³/mol. The first-order valence-electron chi connectivity index (χ1n) is 10.4. The molecule has 0 bridgehead atoms. The lowest BCUT2D eigenvalue weighted by Crippen LogP contribution is -2.36. The van der Waals surface area contributed by atoms with Gasteiger partial charge in [0.2, 0.25) is 15.9 Å². The molecule has 1 aliphatic rings. The van der Waals surface area contributed by atoms with E-state index >= 15 is 0 Å². The summed E-state index contributed by atoms with van der Waals surface area (Å²) < 4.78 is 38.8. The minimum Gasteiger partial charge on any atom is -0.493 e. The number of rotatable bonds is 9. The van der Waals surface area contributed by atoms with Crippen molar-refractivity contribution in [2.75, 3.05) is 20.8 Å². The van der Waals surface area contributed by atoms with Gasteiger partial charge in [-0.15, -0.1) is 0 Å². The Labute approximate surface area is 191 Å². The molecule has 1 saturated carbocycles. The zero-order chi connectivity index (χ0) is 23.6. The van der Waals surface area contributed by atoms with Crippen LogP contribution in [0.25, 0.3) is 11.3 Å². The van der Waals surface area contributed by atoms with Crippen LogP contribution in [0.4, 0.5) is 0 Å². The number of methoxy groups -OCH3 is 2. The van der Waals surface area contributed by atoms with Gasteiger partial charge in [-0.2, -0.15) is 0 Å². The summed E-state index contributed by atoms with van der Waals surface area (Å²) in [5.74, 6) is 1.62. The van der Waals surface area contributed by atoms with Crippen LogP contribution in [-0.4, -0.2) is 40.2 Å². The molecule has 0 spiro atoms. The molecule has 9 nitrogen and oxygen atoms in total. The fourth-order valence-electron chi connectivity index (χ4n) is 3.69. The molecule has 0 unspecified atom stereocenters. The lowest BCUT2D eigenvalue weighted by Gasteiger charge is -2.12. The largest absolute Gasteiger partial charge is 0.493 e. The highest BCUT2D eigenvalue weighted by Gasteiger charge is 2.53. The highest BCUT2D eigenvalue weighted by atomic mass is 32.2. The van der Waals surface area contributed by atoms with Gasteiger partial charge in [-0.05, 0) is 55.2 Å². The number of amides is 1. The van der Waals surface area contributed by atoms with Crippen molar-refractivity contribution in [1.82, 2.24) is 10.5 Å². The van der Waals surface area contributed by atoms with Crippen molar-refractivity contribution in [1.29, 1.82) is 0 Å². The van der Waals surface area contributed by atoms with Gasteiger partial charge in [0.25, 0.3) is 0 Å². The van der Waals surface area contributed by atoms with E-state index < -0.39 is 15.4 Å². The predicted octanol–water partition coefficient (Wildman–Crippen LogP) is 2.40. The molecular weight excluding hydrogens is 446 g/mol. The first-order valence-corrected chi connectivity index (χ1v) is 11.9. The third kappa shape index (κ3) is 4.71. The molecule has 33 heavy (non-hydrogen) atoms. The van der Waals surface area contributed by atoms with Gasteiger partial charge in [0, 0.05) is 18.2 Å². The molecule has 3 N–H and O–H groups in total. The summed E-state index contributed by atoms with van der Waals surface area (Å²) in [6.07, 6.45) is 1.95. The van der Waals surface area contributed by atoms with Crippen molar-refractivity contribution in [2.45, 2.75) is 29.6 Å². The van der Waals surface area contributed by atoms with Crippen molar-refractivity contribution in [2.24, 2.45) is 5.14 Å². The Kier molecular flexibility index (Phi) is 6.13. The van der Waals surface area contributed by atoms with E-state index in [-0.39, 0.29) is 10.8 Å². The van der Waals surface area contributed by atoms with E-state index in [1.54, 1.807) is 44.6 Å². The number of benzene rings is 2. The minimum atomic E-state index is -3.72. The minimum absolute atomic E-state index is 0.0588. The molecule has 0 radical (unpaired) electrons. The molecule has 1 heterocycles. The quantitative estimate of drug-likeness (QED) is 0.489. The monoisotopic (exact) mass is 471 g/mol. The molecule has 10 heteroatoms. The SMILES string of the molecule is COc1ccc(-c2cc(C3(C(=O)NCCc4ccc(S(N)(=O)=O)cc4)CC3)no2)cc1OC. The zero-order valence-electron chi connectivity index (χ0n) is 18.3. The second-order valence-corrected chi connectivity index (χ2v) is 9.48. The fraction of sp³-hybridized carbons (Fsp3) is 0.304. The Balaban J connectivity index is 1.40. The van der Waals surface area contributed by atoms with Crippen LogP contribution >= 0.6 is 0 Å². The van der Waals surface area contributed by atoms with Crippen LogP contribution in [0.3, 0.4) is 0 Å². The summed E-state index contributed by atoms with van der Waals surface area (Å²) in [5, 5.41) is 12.2. The lowest BCUT2D eigenvalue weighted by molar-refractivity contribution is -0.123. The molecule has 1 aliphatic carbocycles. The molecule has 2 aromatic carbocycles. The van der Waals surface area contributed by atoms with Crippen LogP contribution in [0, 0.1) is 0 Å². The summed E-state index contributed by atoms with van der Waals surface area (Å²) >= 11 is 0.